The smallest absolute Gasteiger partial charge is 0.238 e. The summed E-state index contributed by atoms with van der Waals surface area (Å²) >= 11 is 0. The molecule has 7 nitrogen and oxygen atoms in total. The molecular weight excluding hydrogens is 356 g/mol. The maximum Gasteiger partial charge on any atom is 0.238 e. The quantitative estimate of drug-likeness (QED) is 0.705. The van der Waals surface area contributed by atoms with E-state index >= 15 is 0 Å². The summed E-state index contributed by atoms with van der Waals surface area (Å²) in [5, 5.41) is 16.0. The van der Waals surface area contributed by atoms with Crippen LogP contribution in [0.5, 0.6) is 0 Å². The molecule has 0 radical (unpaired) electrons. The van der Waals surface area contributed by atoms with Crippen LogP contribution in [0.15, 0.2) is 48.8 Å². The molecule has 0 bridgehead atoms. The third-order valence-corrected chi connectivity index (χ3v) is 6.01. The highest BCUT2D eigenvalue weighted by molar-refractivity contribution is 5.65. The van der Waals surface area contributed by atoms with Crippen LogP contribution in [0.2, 0.25) is 0 Å². The van der Waals surface area contributed by atoms with Crippen molar-refractivity contribution in [1.82, 2.24) is 14.6 Å². The van der Waals surface area contributed by atoms with E-state index in [1.54, 1.807) is 16.6 Å². The number of anilines is 1. The van der Waals surface area contributed by atoms with E-state index in [1.165, 1.54) is 6.33 Å². The first-order valence-corrected chi connectivity index (χ1v) is 9.56. The average molecular weight is 382 g/mol. The number of aliphatic hydroxyl groups is 1. The average Bonchev–Trinajstić information content (AvgIpc) is 3.22. The molecule has 1 unspecified atom stereocenters. The van der Waals surface area contributed by atoms with Gasteiger partial charge >= 0.3 is 0 Å². The molecule has 4 atom stereocenters. The molecule has 1 fully saturated rings. The van der Waals surface area contributed by atoms with Gasteiger partial charge in [-0.2, -0.15) is 5.10 Å². The predicted octanol–water partition coefficient (Wildman–Crippen LogP) is 2.88. The number of ether oxygens (including phenoxy) is 2. The maximum absolute atomic E-state index is 11.7. The molecule has 3 heterocycles. The van der Waals surface area contributed by atoms with Gasteiger partial charge in [0, 0.05) is 5.92 Å². The van der Waals surface area contributed by atoms with Crippen LogP contribution >= 0.6 is 0 Å². The van der Waals surface area contributed by atoms with E-state index in [9.17, 15) is 5.11 Å². The summed E-state index contributed by atoms with van der Waals surface area (Å²) in [5.41, 5.74) is 7.56. The van der Waals surface area contributed by atoms with Crippen LogP contribution in [0.4, 0.5) is 5.82 Å². The highest BCUT2D eigenvalue weighted by Crippen LogP contribution is 2.50. The Bertz CT molecular complexity index is 976. The molecule has 0 spiro atoms. The van der Waals surface area contributed by atoms with Crippen molar-refractivity contribution in [3.05, 3.63) is 60.0 Å². The fourth-order valence-electron chi connectivity index (χ4n) is 4.00. The standard InChI is InChI=1S/C21H26N4O3/c1-4-20(3)14(2)18(27-12-15-8-6-5-7-9-15)21(26,28-20)17-11-10-16-19(22)23-13-24-25(16)17/h5-11,13-14,18,26H,4,12H2,1-3H3,(H2,22,23,24)/t14-,18+,20+,21?/m0/s1. The number of hydrogen-bond donors (Lipinski definition) is 2. The van der Waals surface area contributed by atoms with Crippen molar-refractivity contribution in [1.29, 1.82) is 0 Å². The Hall–Kier alpha value is -2.48. The second kappa shape index (κ2) is 6.84. The summed E-state index contributed by atoms with van der Waals surface area (Å²) in [6.45, 7) is 6.48. The number of nitrogens with zero attached hydrogens (tertiary/aromatic N) is 3. The normalized spacial score (nSPS) is 30.1. The molecule has 148 valence electrons. The predicted molar refractivity (Wildman–Crippen MR) is 105 cm³/mol. The summed E-state index contributed by atoms with van der Waals surface area (Å²) < 4.78 is 14.1. The molecule has 0 saturated carbocycles. The number of nitrogens with two attached hydrogens (primary N) is 1. The van der Waals surface area contributed by atoms with Crippen LogP contribution in [0, 0.1) is 5.92 Å². The molecule has 2 aromatic heterocycles. The minimum Gasteiger partial charge on any atom is -0.382 e. The van der Waals surface area contributed by atoms with Crippen molar-refractivity contribution in [2.24, 2.45) is 5.92 Å². The molecule has 7 heteroatoms. The Labute approximate surface area is 164 Å². The highest BCUT2D eigenvalue weighted by atomic mass is 16.7. The van der Waals surface area contributed by atoms with Crippen LogP contribution < -0.4 is 5.73 Å². The molecule has 1 saturated heterocycles. The lowest BCUT2D eigenvalue weighted by molar-refractivity contribution is -0.267. The monoisotopic (exact) mass is 382 g/mol. The van der Waals surface area contributed by atoms with Crippen molar-refractivity contribution in [3.8, 4) is 0 Å². The Morgan fingerprint density at radius 1 is 1.25 bits per heavy atom. The Balaban J connectivity index is 1.75. The number of nitrogen functional groups attached to an aromatic ring is 1. The summed E-state index contributed by atoms with van der Waals surface area (Å²) in [5.74, 6) is -1.36. The zero-order chi connectivity index (χ0) is 19.9. The highest BCUT2D eigenvalue weighted by Gasteiger charge is 2.60. The number of fused-ring (bicyclic) bond motifs is 1. The van der Waals surface area contributed by atoms with E-state index in [-0.39, 0.29) is 5.92 Å². The van der Waals surface area contributed by atoms with Gasteiger partial charge < -0.3 is 20.3 Å². The lowest BCUT2D eigenvalue weighted by atomic mass is 9.84. The van der Waals surface area contributed by atoms with Gasteiger partial charge in [-0.3, -0.25) is 0 Å². The van der Waals surface area contributed by atoms with Crippen molar-refractivity contribution >= 4 is 11.3 Å². The second-order valence-corrected chi connectivity index (χ2v) is 7.63. The SMILES string of the molecule is CC[C@@]1(C)OC(O)(c2ccc3c(N)ncnn23)[C@H](OCc2ccccc2)[C@@H]1C. The molecule has 3 N–H and O–H groups in total. The van der Waals surface area contributed by atoms with Crippen molar-refractivity contribution in [3.63, 3.8) is 0 Å². The number of benzene rings is 1. The Morgan fingerprint density at radius 2 is 2.00 bits per heavy atom. The van der Waals surface area contributed by atoms with Gasteiger partial charge in [0.05, 0.1) is 12.2 Å². The van der Waals surface area contributed by atoms with Crippen LogP contribution in [0.25, 0.3) is 5.52 Å². The lowest BCUT2D eigenvalue weighted by Gasteiger charge is -2.30. The molecular formula is C21H26N4O3. The first kappa shape index (κ1) is 18.9. The first-order chi connectivity index (χ1) is 13.4. The molecule has 28 heavy (non-hydrogen) atoms. The van der Waals surface area contributed by atoms with Gasteiger partial charge in [-0.1, -0.05) is 44.2 Å². The molecule has 0 aliphatic carbocycles. The van der Waals surface area contributed by atoms with Gasteiger partial charge in [-0.05, 0) is 31.0 Å². The molecule has 3 aromatic rings. The lowest BCUT2D eigenvalue weighted by Crippen LogP contribution is -2.41. The van der Waals surface area contributed by atoms with Crippen LogP contribution in [-0.4, -0.2) is 31.4 Å². The maximum atomic E-state index is 11.7. The van der Waals surface area contributed by atoms with E-state index in [4.69, 9.17) is 15.2 Å². The number of rotatable bonds is 5. The zero-order valence-electron chi connectivity index (χ0n) is 16.4. The van der Waals surface area contributed by atoms with Gasteiger partial charge in [0.25, 0.3) is 0 Å². The summed E-state index contributed by atoms with van der Waals surface area (Å²) in [6.07, 6.45) is 1.53. The van der Waals surface area contributed by atoms with Gasteiger partial charge in [-0.15, -0.1) is 0 Å². The fraction of sp³-hybridized carbons (Fsp3) is 0.429. The topological polar surface area (TPSA) is 94.9 Å². The van der Waals surface area contributed by atoms with Gasteiger partial charge in [0.2, 0.25) is 5.79 Å². The van der Waals surface area contributed by atoms with Gasteiger partial charge in [0.15, 0.2) is 5.82 Å². The van der Waals surface area contributed by atoms with Crippen molar-refractivity contribution in [2.45, 2.75) is 51.3 Å². The largest absolute Gasteiger partial charge is 0.382 e. The molecule has 0 amide bonds. The van der Waals surface area contributed by atoms with E-state index in [2.05, 4.69) is 17.0 Å². The Kier molecular flexibility index (Phi) is 4.61. The van der Waals surface area contributed by atoms with E-state index in [0.717, 1.165) is 12.0 Å². The van der Waals surface area contributed by atoms with Crippen LogP contribution in [0.3, 0.4) is 0 Å². The molecule has 1 aromatic carbocycles. The van der Waals surface area contributed by atoms with Gasteiger partial charge in [0.1, 0.15) is 23.6 Å². The minimum atomic E-state index is -1.66. The Morgan fingerprint density at radius 3 is 2.71 bits per heavy atom. The summed E-state index contributed by atoms with van der Waals surface area (Å²) in [6, 6.07) is 13.5. The van der Waals surface area contributed by atoms with Crippen LogP contribution in [-0.2, 0) is 21.9 Å². The minimum absolute atomic E-state index is 0.0454. The van der Waals surface area contributed by atoms with E-state index < -0.39 is 17.5 Å². The summed E-state index contributed by atoms with van der Waals surface area (Å²) in [4.78, 5) is 4.02. The first-order valence-electron chi connectivity index (χ1n) is 9.56. The molecule has 1 aliphatic heterocycles. The summed E-state index contributed by atoms with van der Waals surface area (Å²) in [7, 11) is 0. The molecule has 4 rings (SSSR count). The van der Waals surface area contributed by atoms with Crippen molar-refractivity contribution < 1.29 is 14.6 Å². The van der Waals surface area contributed by atoms with E-state index in [1.807, 2.05) is 44.2 Å². The number of hydrogen-bond acceptors (Lipinski definition) is 6. The molecule has 1 aliphatic rings. The van der Waals surface area contributed by atoms with E-state index in [0.29, 0.717) is 23.6 Å². The van der Waals surface area contributed by atoms with Crippen LogP contribution in [0.1, 0.15) is 38.4 Å². The third-order valence-electron chi connectivity index (χ3n) is 6.01. The number of aromatic nitrogens is 3. The second-order valence-electron chi connectivity index (χ2n) is 7.63. The zero-order valence-corrected chi connectivity index (χ0v) is 16.4. The third kappa shape index (κ3) is 2.87. The van der Waals surface area contributed by atoms with Gasteiger partial charge in [-0.25, -0.2) is 9.50 Å². The fourth-order valence-corrected chi connectivity index (χ4v) is 4.00. The van der Waals surface area contributed by atoms with Crippen molar-refractivity contribution in [2.75, 3.05) is 5.73 Å².